The highest BCUT2D eigenvalue weighted by molar-refractivity contribution is 5.90. The fraction of sp³-hybridized carbons (Fsp3) is 0.533. The second-order valence-electron chi connectivity index (χ2n) is 5.33. The lowest BCUT2D eigenvalue weighted by atomic mass is 10.1. The lowest BCUT2D eigenvalue weighted by Gasteiger charge is -2.14. The van der Waals surface area contributed by atoms with Crippen LogP contribution in [0.25, 0.3) is 0 Å². The average molecular weight is 291 g/mol. The summed E-state index contributed by atoms with van der Waals surface area (Å²) in [4.78, 5) is 25.6. The Kier molecular flexibility index (Phi) is 5.14. The fourth-order valence-corrected chi connectivity index (χ4v) is 2.35. The molecule has 0 bridgehead atoms. The van der Waals surface area contributed by atoms with Crippen LogP contribution in [0.3, 0.4) is 0 Å². The van der Waals surface area contributed by atoms with Crippen LogP contribution in [0.4, 0.5) is 0 Å². The minimum Gasteiger partial charge on any atom is -0.467 e. The second kappa shape index (κ2) is 7.06. The normalized spacial score (nSPS) is 19.1. The third-order valence-electron chi connectivity index (χ3n) is 3.48. The van der Waals surface area contributed by atoms with Gasteiger partial charge in [-0.1, -0.05) is 13.3 Å². The van der Waals surface area contributed by atoms with Gasteiger partial charge in [0.2, 0.25) is 11.8 Å². The summed E-state index contributed by atoms with van der Waals surface area (Å²) in [7, 11) is 0. The van der Waals surface area contributed by atoms with Crippen LogP contribution in [0.1, 0.15) is 38.9 Å². The van der Waals surface area contributed by atoms with Crippen molar-refractivity contribution in [3.8, 4) is 0 Å². The topological polar surface area (TPSA) is 74.9 Å². The van der Waals surface area contributed by atoms with E-state index < -0.39 is 0 Å². The Labute approximate surface area is 124 Å². The first-order valence-electron chi connectivity index (χ1n) is 7.23. The summed E-state index contributed by atoms with van der Waals surface area (Å²) >= 11 is 0. The number of furan rings is 1. The van der Waals surface area contributed by atoms with Crippen molar-refractivity contribution in [2.45, 2.75) is 39.7 Å². The molecule has 1 aliphatic heterocycles. The van der Waals surface area contributed by atoms with E-state index in [0.717, 1.165) is 24.3 Å². The van der Waals surface area contributed by atoms with Crippen LogP contribution in [0.2, 0.25) is 0 Å². The maximum atomic E-state index is 12.0. The third kappa shape index (κ3) is 4.18. The quantitative estimate of drug-likeness (QED) is 0.642. The monoisotopic (exact) mass is 291 g/mol. The number of hydrogen-bond acceptors (Lipinski definition) is 4. The molecule has 0 saturated carbocycles. The van der Waals surface area contributed by atoms with Crippen molar-refractivity contribution in [3.63, 3.8) is 0 Å². The molecule has 0 aromatic carbocycles. The number of hydrogen-bond donors (Lipinski definition) is 1. The zero-order chi connectivity index (χ0) is 15.2. The number of amides is 2. The molecule has 0 spiro atoms. The Morgan fingerprint density at radius 3 is 3.05 bits per heavy atom. The number of likely N-dealkylation sites (tertiary alicyclic amines) is 1. The van der Waals surface area contributed by atoms with Crippen molar-refractivity contribution < 1.29 is 14.0 Å². The predicted octanol–water partition coefficient (Wildman–Crippen LogP) is 1.92. The van der Waals surface area contributed by atoms with Gasteiger partial charge in [0, 0.05) is 18.7 Å². The van der Waals surface area contributed by atoms with Gasteiger partial charge in [-0.15, -0.1) is 0 Å². The first-order chi connectivity index (χ1) is 10.1. The third-order valence-corrected chi connectivity index (χ3v) is 3.48. The molecular formula is C15H21N3O3. The lowest BCUT2D eigenvalue weighted by Crippen LogP contribution is -2.30. The molecule has 1 aromatic heterocycles. The molecule has 2 amide bonds. The summed E-state index contributed by atoms with van der Waals surface area (Å²) in [5.41, 5.74) is 3.45. The molecule has 1 atom stereocenters. The second-order valence-corrected chi connectivity index (χ2v) is 5.33. The van der Waals surface area contributed by atoms with E-state index in [2.05, 4.69) is 17.5 Å². The Bertz CT molecular complexity index is 522. The molecular weight excluding hydrogens is 270 g/mol. The van der Waals surface area contributed by atoms with Gasteiger partial charge in [-0.05, 0) is 25.5 Å². The number of carbonyl (C=O) groups excluding carboxylic acids is 2. The first-order valence-corrected chi connectivity index (χ1v) is 7.23. The maximum Gasteiger partial charge on any atom is 0.245 e. The summed E-state index contributed by atoms with van der Waals surface area (Å²) < 4.78 is 5.23. The number of hydrazone groups is 1. The van der Waals surface area contributed by atoms with Crippen LogP contribution in [-0.4, -0.2) is 29.0 Å². The Morgan fingerprint density at radius 1 is 1.57 bits per heavy atom. The number of nitrogens with one attached hydrogen (secondary N) is 1. The van der Waals surface area contributed by atoms with Crippen molar-refractivity contribution in [3.05, 3.63) is 24.2 Å². The van der Waals surface area contributed by atoms with Gasteiger partial charge in [0.25, 0.3) is 0 Å². The standard InChI is InChI=1S/C15H21N3O3/c1-3-5-11(2)16-17-15(20)12-8-14(19)18(9-12)10-13-6-4-7-21-13/h4,6-7,12H,3,5,8-10H2,1-2H3,(H,17,20)/b16-11+. The summed E-state index contributed by atoms with van der Waals surface area (Å²) in [6.07, 6.45) is 3.65. The molecule has 2 rings (SSSR count). The number of carbonyl (C=O) groups is 2. The van der Waals surface area contributed by atoms with Gasteiger partial charge < -0.3 is 9.32 Å². The predicted molar refractivity (Wildman–Crippen MR) is 78.4 cm³/mol. The fourth-order valence-electron chi connectivity index (χ4n) is 2.35. The molecule has 0 radical (unpaired) electrons. The van der Waals surface area contributed by atoms with E-state index in [-0.39, 0.29) is 24.2 Å². The zero-order valence-corrected chi connectivity index (χ0v) is 12.5. The minimum absolute atomic E-state index is 0.0270. The molecule has 6 nitrogen and oxygen atoms in total. The molecule has 6 heteroatoms. The van der Waals surface area contributed by atoms with E-state index in [1.165, 1.54) is 0 Å². The van der Waals surface area contributed by atoms with Gasteiger partial charge in [-0.25, -0.2) is 5.43 Å². The summed E-state index contributed by atoms with van der Waals surface area (Å²) in [5, 5.41) is 4.05. The van der Waals surface area contributed by atoms with E-state index in [0.29, 0.717) is 13.1 Å². The molecule has 0 aliphatic carbocycles. The average Bonchev–Trinajstić information content (AvgIpc) is 3.08. The van der Waals surface area contributed by atoms with Gasteiger partial charge in [0.15, 0.2) is 0 Å². The Morgan fingerprint density at radius 2 is 2.38 bits per heavy atom. The Hall–Kier alpha value is -2.11. The van der Waals surface area contributed by atoms with Crippen LogP contribution >= 0.6 is 0 Å². The van der Waals surface area contributed by atoms with Crippen LogP contribution in [-0.2, 0) is 16.1 Å². The molecule has 1 aromatic rings. The van der Waals surface area contributed by atoms with Crippen molar-refractivity contribution in [1.82, 2.24) is 10.3 Å². The van der Waals surface area contributed by atoms with Crippen molar-refractivity contribution in [1.29, 1.82) is 0 Å². The zero-order valence-electron chi connectivity index (χ0n) is 12.5. The van der Waals surface area contributed by atoms with Gasteiger partial charge in [-0.2, -0.15) is 5.10 Å². The molecule has 21 heavy (non-hydrogen) atoms. The number of rotatable bonds is 6. The van der Waals surface area contributed by atoms with E-state index >= 15 is 0 Å². The van der Waals surface area contributed by atoms with Gasteiger partial charge in [0.05, 0.1) is 18.7 Å². The van der Waals surface area contributed by atoms with Gasteiger partial charge in [-0.3, -0.25) is 9.59 Å². The van der Waals surface area contributed by atoms with E-state index in [1.54, 1.807) is 17.2 Å². The molecule has 1 fully saturated rings. The largest absolute Gasteiger partial charge is 0.467 e. The molecule has 1 aliphatic rings. The van der Waals surface area contributed by atoms with Crippen LogP contribution in [0, 0.1) is 5.92 Å². The number of nitrogens with zero attached hydrogens (tertiary/aromatic N) is 2. The van der Waals surface area contributed by atoms with Gasteiger partial charge in [0.1, 0.15) is 5.76 Å². The van der Waals surface area contributed by atoms with Crippen LogP contribution in [0.5, 0.6) is 0 Å². The molecule has 1 unspecified atom stereocenters. The molecule has 1 N–H and O–H groups in total. The van der Waals surface area contributed by atoms with Gasteiger partial charge >= 0.3 is 0 Å². The van der Waals surface area contributed by atoms with Crippen molar-refractivity contribution in [2.24, 2.45) is 11.0 Å². The van der Waals surface area contributed by atoms with Crippen molar-refractivity contribution in [2.75, 3.05) is 6.54 Å². The smallest absolute Gasteiger partial charge is 0.245 e. The van der Waals surface area contributed by atoms with E-state index in [9.17, 15) is 9.59 Å². The summed E-state index contributed by atoms with van der Waals surface area (Å²) in [6.45, 7) is 4.76. The first kappa shape index (κ1) is 15.3. The minimum atomic E-state index is -0.342. The highest BCUT2D eigenvalue weighted by Crippen LogP contribution is 2.20. The van der Waals surface area contributed by atoms with Crippen LogP contribution in [0.15, 0.2) is 27.9 Å². The maximum absolute atomic E-state index is 12.0. The van der Waals surface area contributed by atoms with Crippen LogP contribution < -0.4 is 5.43 Å². The summed E-state index contributed by atoms with van der Waals surface area (Å²) in [6, 6.07) is 3.60. The van der Waals surface area contributed by atoms with E-state index in [4.69, 9.17) is 4.42 Å². The SMILES string of the molecule is CCC/C(C)=N/NC(=O)C1CC(=O)N(Cc2ccco2)C1. The summed E-state index contributed by atoms with van der Waals surface area (Å²) in [5.74, 6) is 0.161. The Balaban J connectivity index is 1.86. The lowest BCUT2D eigenvalue weighted by molar-refractivity contribution is -0.129. The molecule has 1 saturated heterocycles. The van der Waals surface area contributed by atoms with E-state index in [1.807, 2.05) is 13.0 Å². The molecule has 2 heterocycles. The van der Waals surface area contributed by atoms with Crippen molar-refractivity contribution >= 4 is 17.5 Å². The highest BCUT2D eigenvalue weighted by atomic mass is 16.3. The highest BCUT2D eigenvalue weighted by Gasteiger charge is 2.34. The molecule has 114 valence electrons.